The molecule has 1 aliphatic rings. The van der Waals surface area contributed by atoms with Crippen molar-refractivity contribution in [2.45, 2.75) is 57.5 Å². The Morgan fingerprint density at radius 3 is 2.81 bits per heavy atom. The first-order valence-corrected chi connectivity index (χ1v) is 10.7. The highest BCUT2D eigenvalue weighted by Gasteiger charge is 2.23. The Morgan fingerprint density at radius 1 is 1.27 bits per heavy atom. The van der Waals surface area contributed by atoms with Crippen LogP contribution in [0.3, 0.4) is 0 Å². The van der Waals surface area contributed by atoms with Crippen LogP contribution in [0.2, 0.25) is 0 Å². The number of nitrogens with zero attached hydrogens (tertiary/aromatic N) is 2. The molecule has 1 saturated carbocycles. The number of imide groups is 1. The van der Waals surface area contributed by atoms with Gasteiger partial charge in [-0.3, -0.25) is 10.1 Å². The summed E-state index contributed by atoms with van der Waals surface area (Å²) in [5, 5.41) is 7.16. The summed E-state index contributed by atoms with van der Waals surface area (Å²) in [5.41, 5.74) is 1.15. The Bertz CT molecular complexity index is 821. The second kappa shape index (κ2) is 8.35. The minimum Gasteiger partial charge on any atom is -0.335 e. The van der Waals surface area contributed by atoms with Gasteiger partial charge in [-0.05, 0) is 38.2 Å². The average molecular weight is 393 g/mol. The molecule has 2 aromatic rings. The van der Waals surface area contributed by atoms with E-state index in [0.29, 0.717) is 5.92 Å². The van der Waals surface area contributed by atoms with Gasteiger partial charge >= 0.3 is 6.03 Å². The zero-order valence-electron chi connectivity index (χ0n) is 15.3. The van der Waals surface area contributed by atoms with E-state index in [2.05, 4.69) is 34.4 Å². The largest absolute Gasteiger partial charge is 0.335 e. The van der Waals surface area contributed by atoms with Gasteiger partial charge in [-0.15, -0.1) is 11.3 Å². The molecule has 2 aromatic heterocycles. The summed E-state index contributed by atoms with van der Waals surface area (Å²) in [6.07, 6.45) is 5.97. The van der Waals surface area contributed by atoms with E-state index in [9.17, 15) is 9.59 Å². The molecule has 3 rings (SSSR count). The minimum absolute atomic E-state index is 0.147. The van der Waals surface area contributed by atoms with Crippen molar-refractivity contribution < 1.29 is 9.59 Å². The van der Waals surface area contributed by atoms with Gasteiger partial charge in [0.05, 0.1) is 5.75 Å². The smallest absolute Gasteiger partial charge is 0.321 e. The van der Waals surface area contributed by atoms with Crippen LogP contribution < -0.4 is 10.6 Å². The molecule has 2 heterocycles. The van der Waals surface area contributed by atoms with E-state index in [1.54, 1.807) is 11.3 Å². The zero-order chi connectivity index (χ0) is 18.7. The fourth-order valence-electron chi connectivity index (χ4n) is 3.29. The molecule has 1 aliphatic carbocycles. The second-order valence-electron chi connectivity index (χ2n) is 6.82. The monoisotopic (exact) mass is 392 g/mol. The van der Waals surface area contributed by atoms with Crippen LogP contribution in [0, 0.1) is 19.8 Å². The van der Waals surface area contributed by atoms with Crippen LogP contribution in [-0.4, -0.2) is 33.7 Å². The summed E-state index contributed by atoms with van der Waals surface area (Å²) in [7, 11) is 0. The molecule has 26 heavy (non-hydrogen) atoms. The molecule has 0 saturated heterocycles. The predicted octanol–water partition coefficient (Wildman–Crippen LogP) is 3.80. The summed E-state index contributed by atoms with van der Waals surface area (Å²) < 4.78 is 0. The van der Waals surface area contributed by atoms with Crippen LogP contribution in [0.4, 0.5) is 4.79 Å². The number of aromatic nitrogens is 2. The Hall–Kier alpha value is -1.67. The highest BCUT2D eigenvalue weighted by atomic mass is 32.2. The summed E-state index contributed by atoms with van der Waals surface area (Å²) in [5.74, 6) is 0.291. The maximum absolute atomic E-state index is 12.1. The molecule has 3 amide bonds. The third kappa shape index (κ3) is 4.35. The SMILES string of the molecule is Cc1sc2ncnc(SCC(=O)NC(=O)NC3CCCCC3C)c2c1C. The molecule has 6 nitrogen and oxygen atoms in total. The maximum Gasteiger partial charge on any atom is 0.321 e. The Morgan fingerprint density at radius 2 is 2.04 bits per heavy atom. The number of amides is 3. The summed E-state index contributed by atoms with van der Waals surface area (Å²) in [6.45, 7) is 6.24. The van der Waals surface area contributed by atoms with Crippen molar-refractivity contribution in [2.24, 2.45) is 5.92 Å². The van der Waals surface area contributed by atoms with Crippen molar-refractivity contribution in [3.05, 3.63) is 16.8 Å². The van der Waals surface area contributed by atoms with Crippen molar-refractivity contribution in [3.8, 4) is 0 Å². The van der Waals surface area contributed by atoms with Crippen LogP contribution >= 0.6 is 23.1 Å². The standard InChI is InChI=1S/C18H24N4O2S2/c1-10-6-4-5-7-13(10)21-18(24)22-14(23)8-25-16-15-11(2)12(3)26-17(15)20-9-19-16/h9-10,13H,4-8H2,1-3H3,(H2,21,22,23,24). The van der Waals surface area contributed by atoms with Crippen LogP contribution in [0.25, 0.3) is 10.2 Å². The number of carbonyl (C=O) groups is 2. The van der Waals surface area contributed by atoms with Gasteiger partial charge in [0.1, 0.15) is 16.2 Å². The Kier molecular flexibility index (Phi) is 6.13. The molecule has 2 N–H and O–H groups in total. The number of aryl methyl sites for hydroxylation is 2. The quantitative estimate of drug-likeness (QED) is 0.611. The number of carbonyl (C=O) groups excluding carboxylic acids is 2. The van der Waals surface area contributed by atoms with E-state index >= 15 is 0 Å². The second-order valence-corrected chi connectivity index (χ2v) is 8.99. The Labute approximate surface area is 161 Å². The predicted molar refractivity (Wildman–Crippen MR) is 106 cm³/mol. The van der Waals surface area contributed by atoms with Crippen LogP contribution in [0.5, 0.6) is 0 Å². The lowest BCUT2D eigenvalue weighted by atomic mass is 9.86. The van der Waals surface area contributed by atoms with Crippen molar-refractivity contribution in [2.75, 3.05) is 5.75 Å². The van der Waals surface area contributed by atoms with Gasteiger partial charge in [-0.1, -0.05) is 31.5 Å². The topological polar surface area (TPSA) is 84.0 Å². The van der Waals surface area contributed by atoms with E-state index in [1.165, 1.54) is 29.4 Å². The number of urea groups is 1. The summed E-state index contributed by atoms with van der Waals surface area (Å²) >= 11 is 2.97. The molecule has 0 bridgehead atoms. The highest BCUT2D eigenvalue weighted by Crippen LogP contribution is 2.34. The molecular weight excluding hydrogens is 368 g/mol. The molecule has 0 aliphatic heterocycles. The number of rotatable bonds is 4. The highest BCUT2D eigenvalue weighted by molar-refractivity contribution is 8.00. The number of thioether (sulfide) groups is 1. The first kappa shape index (κ1) is 19.1. The first-order valence-electron chi connectivity index (χ1n) is 8.89. The molecule has 2 unspecified atom stereocenters. The number of fused-ring (bicyclic) bond motifs is 1. The third-order valence-electron chi connectivity index (χ3n) is 4.95. The fourth-order valence-corrected chi connectivity index (χ4v) is 5.21. The number of hydrogen-bond donors (Lipinski definition) is 2. The molecule has 0 radical (unpaired) electrons. The van der Waals surface area contributed by atoms with Crippen molar-refractivity contribution >= 4 is 45.3 Å². The van der Waals surface area contributed by atoms with Crippen LogP contribution in [0.15, 0.2) is 11.4 Å². The van der Waals surface area contributed by atoms with Gasteiger partial charge in [0.25, 0.3) is 0 Å². The molecular formula is C18H24N4O2S2. The van der Waals surface area contributed by atoms with Gasteiger partial charge < -0.3 is 5.32 Å². The van der Waals surface area contributed by atoms with Crippen LogP contribution in [0.1, 0.15) is 43.0 Å². The van der Waals surface area contributed by atoms with E-state index in [-0.39, 0.29) is 17.7 Å². The van der Waals surface area contributed by atoms with Gasteiger partial charge in [0, 0.05) is 16.3 Å². The van der Waals surface area contributed by atoms with E-state index in [1.807, 2.05) is 6.92 Å². The number of hydrogen-bond acceptors (Lipinski definition) is 6. The van der Waals surface area contributed by atoms with Crippen LogP contribution in [-0.2, 0) is 4.79 Å². The lowest BCUT2D eigenvalue weighted by Gasteiger charge is -2.29. The van der Waals surface area contributed by atoms with Gasteiger partial charge in [-0.25, -0.2) is 14.8 Å². The van der Waals surface area contributed by atoms with E-state index in [4.69, 9.17) is 0 Å². The van der Waals surface area contributed by atoms with Gasteiger partial charge in [0.2, 0.25) is 5.91 Å². The van der Waals surface area contributed by atoms with Crippen molar-refractivity contribution in [1.82, 2.24) is 20.6 Å². The lowest BCUT2D eigenvalue weighted by Crippen LogP contribution is -2.48. The molecule has 0 spiro atoms. The molecule has 2 atom stereocenters. The fraction of sp³-hybridized carbons (Fsp3) is 0.556. The minimum atomic E-state index is -0.398. The van der Waals surface area contributed by atoms with Crippen molar-refractivity contribution in [1.29, 1.82) is 0 Å². The number of thiophene rings is 1. The molecule has 8 heteroatoms. The zero-order valence-corrected chi connectivity index (χ0v) is 16.9. The van der Waals surface area contributed by atoms with Gasteiger partial charge in [-0.2, -0.15) is 0 Å². The molecule has 1 fully saturated rings. The summed E-state index contributed by atoms with van der Waals surface area (Å²) in [6, 6.07) is -0.244. The molecule has 0 aromatic carbocycles. The number of nitrogens with one attached hydrogen (secondary N) is 2. The maximum atomic E-state index is 12.1. The third-order valence-corrected chi connectivity index (χ3v) is 7.06. The first-order chi connectivity index (χ1) is 12.5. The van der Waals surface area contributed by atoms with E-state index < -0.39 is 6.03 Å². The average Bonchev–Trinajstić information content (AvgIpc) is 2.90. The Balaban J connectivity index is 1.55. The lowest BCUT2D eigenvalue weighted by molar-refractivity contribution is -0.117. The normalized spacial score (nSPS) is 20.1. The van der Waals surface area contributed by atoms with Crippen molar-refractivity contribution in [3.63, 3.8) is 0 Å². The summed E-state index contributed by atoms with van der Waals surface area (Å²) in [4.78, 5) is 35.0. The van der Waals surface area contributed by atoms with Gasteiger partial charge in [0.15, 0.2) is 0 Å². The van der Waals surface area contributed by atoms with E-state index in [0.717, 1.165) is 40.1 Å². The molecule has 140 valence electrons.